The number of carbonyl (C=O) groups is 2. The molecule has 1 amide bonds. The fraction of sp³-hybridized carbons (Fsp3) is 0.857. The van der Waals surface area contributed by atoms with E-state index in [0.29, 0.717) is 19.4 Å². The minimum Gasteiger partial charge on any atom is -0.481 e. The highest BCUT2D eigenvalue weighted by molar-refractivity contribution is 5.78. The van der Waals surface area contributed by atoms with Crippen LogP contribution in [-0.2, 0) is 9.59 Å². The summed E-state index contributed by atoms with van der Waals surface area (Å²) in [5.74, 6) is -1.03. The molecular formula is C14H25NO3. The number of carbonyl (C=O) groups excluding carboxylic acids is 1. The smallest absolute Gasteiger partial charge is 0.308 e. The fourth-order valence-electron chi connectivity index (χ4n) is 2.33. The number of carboxylic acid groups (broad SMARTS) is 1. The van der Waals surface area contributed by atoms with Gasteiger partial charge in [0.25, 0.3) is 0 Å². The number of piperidine rings is 1. The van der Waals surface area contributed by atoms with Crippen LogP contribution in [0.3, 0.4) is 0 Å². The minimum absolute atomic E-state index is 0.116. The molecule has 0 aromatic rings. The maximum Gasteiger partial charge on any atom is 0.308 e. The summed E-state index contributed by atoms with van der Waals surface area (Å²) < 4.78 is 0. The first-order valence-electron chi connectivity index (χ1n) is 6.80. The van der Waals surface area contributed by atoms with Crippen LogP contribution in [0.4, 0.5) is 0 Å². The van der Waals surface area contributed by atoms with Gasteiger partial charge < -0.3 is 10.0 Å². The zero-order valence-electron chi connectivity index (χ0n) is 11.7. The van der Waals surface area contributed by atoms with Crippen LogP contribution >= 0.6 is 0 Å². The standard InChI is InChI=1S/C14H25NO3/c1-14(2,3)8-4-7-12(16)15-9-5-6-11(10-15)13(17)18/h11H,4-10H2,1-3H3,(H,17,18). The quantitative estimate of drug-likeness (QED) is 0.839. The van der Waals surface area contributed by atoms with Gasteiger partial charge in [-0.25, -0.2) is 0 Å². The van der Waals surface area contributed by atoms with E-state index in [1.165, 1.54) is 0 Å². The second kappa shape index (κ2) is 6.21. The van der Waals surface area contributed by atoms with Gasteiger partial charge in [-0.15, -0.1) is 0 Å². The molecule has 4 nitrogen and oxygen atoms in total. The number of likely N-dealkylation sites (tertiary alicyclic amines) is 1. The van der Waals surface area contributed by atoms with Gasteiger partial charge in [0, 0.05) is 19.5 Å². The van der Waals surface area contributed by atoms with E-state index in [1.807, 2.05) is 0 Å². The zero-order valence-corrected chi connectivity index (χ0v) is 11.7. The lowest BCUT2D eigenvalue weighted by molar-refractivity contribution is -0.145. The van der Waals surface area contributed by atoms with Crippen LogP contribution < -0.4 is 0 Å². The molecule has 0 aliphatic carbocycles. The number of aliphatic carboxylic acids is 1. The summed E-state index contributed by atoms with van der Waals surface area (Å²) in [5.41, 5.74) is 0.256. The fourth-order valence-corrected chi connectivity index (χ4v) is 2.33. The summed E-state index contributed by atoms with van der Waals surface area (Å²) in [6, 6.07) is 0. The molecule has 0 aromatic heterocycles. The highest BCUT2D eigenvalue weighted by atomic mass is 16.4. The second-order valence-electron chi connectivity index (χ2n) is 6.43. The van der Waals surface area contributed by atoms with Crippen LogP contribution in [0.1, 0.15) is 52.9 Å². The van der Waals surface area contributed by atoms with Gasteiger partial charge in [0.05, 0.1) is 5.92 Å². The molecule has 18 heavy (non-hydrogen) atoms. The highest BCUT2D eigenvalue weighted by Gasteiger charge is 2.27. The van der Waals surface area contributed by atoms with Gasteiger partial charge in [-0.1, -0.05) is 20.8 Å². The molecule has 1 unspecified atom stereocenters. The third-order valence-electron chi connectivity index (χ3n) is 3.44. The van der Waals surface area contributed by atoms with Crippen LogP contribution in [0, 0.1) is 11.3 Å². The van der Waals surface area contributed by atoms with Gasteiger partial charge >= 0.3 is 5.97 Å². The molecule has 0 aromatic carbocycles. The average Bonchev–Trinajstić information content (AvgIpc) is 2.27. The Hall–Kier alpha value is -1.06. The summed E-state index contributed by atoms with van der Waals surface area (Å²) in [5, 5.41) is 8.98. The first-order chi connectivity index (χ1) is 8.29. The zero-order chi connectivity index (χ0) is 13.8. The molecule has 1 aliphatic rings. The molecular weight excluding hydrogens is 230 g/mol. The Kier molecular flexibility index (Phi) is 5.17. The Labute approximate surface area is 109 Å². The van der Waals surface area contributed by atoms with Crippen molar-refractivity contribution in [2.24, 2.45) is 11.3 Å². The van der Waals surface area contributed by atoms with Gasteiger partial charge in [-0.3, -0.25) is 9.59 Å². The van der Waals surface area contributed by atoms with Crippen molar-refractivity contribution in [2.45, 2.75) is 52.9 Å². The van der Waals surface area contributed by atoms with Crippen LogP contribution in [-0.4, -0.2) is 35.0 Å². The number of nitrogens with zero attached hydrogens (tertiary/aromatic N) is 1. The van der Waals surface area contributed by atoms with Crippen LogP contribution in [0.5, 0.6) is 0 Å². The number of rotatable bonds is 4. The van der Waals surface area contributed by atoms with Crippen molar-refractivity contribution in [1.29, 1.82) is 0 Å². The molecule has 1 heterocycles. The average molecular weight is 255 g/mol. The van der Waals surface area contributed by atoms with E-state index in [9.17, 15) is 9.59 Å². The summed E-state index contributed by atoms with van der Waals surface area (Å²) in [7, 11) is 0. The maximum absolute atomic E-state index is 12.0. The van der Waals surface area contributed by atoms with E-state index in [1.54, 1.807) is 4.90 Å². The van der Waals surface area contributed by atoms with Crippen molar-refractivity contribution in [2.75, 3.05) is 13.1 Å². The van der Waals surface area contributed by atoms with E-state index < -0.39 is 5.97 Å². The SMILES string of the molecule is CC(C)(C)CCCC(=O)N1CCCC(C(=O)O)C1. The first kappa shape index (κ1) is 15.0. The van der Waals surface area contributed by atoms with Gasteiger partial charge in [0.2, 0.25) is 5.91 Å². The Morgan fingerprint density at radius 3 is 2.56 bits per heavy atom. The van der Waals surface area contributed by atoms with Crippen molar-refractivity contribution in [1.82, 2.24) is 4.90 Å². The number of hydrogen-bond donors (Lipinski definition) is 1. The molecule has 1 N–H and O–H groups in total. The molecule has 104 valence electrons. The third kappa shape index (κ3) is 5.07. The second-order valence-corrected chi connectivity index (χ2v) is 6.43. The van der Waals surface area contributed by atoms with Crippen LogP contribution in [0.2, 0.25) is 0 Å². The lowest BCUT2D eigenvalue weighted by Crippen LogP contribution is -2.42. The molecule has 4 heteroatoms. The Bertz CT molecular complexity index is 307. The minimum atomic E-state index is -0.776. The van der Waals surface area contributed by atoms with Crippen molar-refractivity contribution < 1.29 is 14.7 Å². The molecule has 1 saturated heterocycles. The Balaban J connectivity index is 2.35. The predicted molar refractivity (Wildman–Crippen MR) is 70.2 cm³/mol. The topological polar surface area (TPSA) is 57.6 Å². The predicted octanol–water partition coefficient (Wildman–Crippen LogP) is 2.53. The normalized spacial score (nSPS) is 20.8. The van der Waals surface area contributed by atoms with Gasteiger partial charge in [0.15, 0.2) is 0 Å². The summed E-state index contributed by atoms with van der Waals surface area (Å²) in [6.07, 6.45) is 3.96. The number of carboxylic acids is 1. The number of hydrogen-bond acceptors (Lipinski definition) is 2. The lowest BCUT2D eigenvalue weighted by Gasteiger charge is -2.31. The lowest BCUT2D eigenvalue weighted by atomic mass is 9.89. The van der Waals surface area contributed by atoms with Crippen molar-refractivity contribution >= 4 is 11.9 Å². The van der Waals surface area contributed by atoms with Crippen LogP contribution in [0.15, 0.2) is 0 Å². The Morgan fingerprint density at radius 2 is 2.00 bits per heavy atom. The molecule has 1 atom stereocenters. The summed E-state index contributed by atoms with van der Waals surface area (Å²) in [4.78, 5) is 24.6. The first-order valence-corrected chi connectivity index (χ1v) is 6.80. The van der Waals surface area contributed by atoms with Gasteiger partial charge in [-0.05, 0) is 31.1 Å². The highest BCUT2D eigenvalue weighted by Crippen LogP contribution is 2.23. The van der Waals surface area contributed by atoms with Crippen molar-refractivity contribution in [3.8, 4) is 0 Å². The summed E-state index contributed by atoms with van der Waals surface area (Å²) >= 11 is 0. The van der Waals surface area contributed by atoms with E-state index in [2.05, 4.69) is 20.8 Å². The monoisotopic (exact) mass is 255 g/mol. The molecule has 1 fully saturated rings. The van der Waals surface area contributed by atoms with Crippen molar-refractivity contribution in [3.05, 3.63) is 0 Å². The van der Waals surface area contributed by atoms with E-state index >= 15 is 0 Å². The van der Waals surface area contributed by atoms with E-state index in [-0.39, 0.29) is 17.2 Å². The van der Waals surface area contributed by atoms with E-state index in [0.717, 1.165) is 25.8 Å². The summed E-state index contributed by atoms with van der Waals surface area (Å²) in [6.45, 7) is 7.61. The number of amides is 1. The molecule has 0 spiro atoms. The maximum atomic E-state index is 12.0. The molecule has 0 saturated carbocycles. The molecule has 1 rings (SSSR count). The van der Waals surface area contributed by atoms with Gasteiger partial charge in [0.1, 0.15) is 0 Å². The third-order valence-corrected chi connectivity index (χ3v) is 3.44. The largest absolute Gasteiger partial charge is 0.481 e. The molecule has 0 radical (unpaired) electrons. The Morgan fingerprint density at radius 1 is 1.33 bits per heavy atom. The molecule has 1 aliphatic heterocycles. The molecule has 0 bridgehead atoms. The van der Waals surface area contributed by atoms with Crippen LogP contribution in [0.25, 0.3) is 0 Å². The van der Waals surface area contributed by atoms with Gasteiger partial charge in [-0.2, -0.15) is 0 Å². The van der Waals surface area contributed by atoms with Crippen molar-refractivity contribution in [3.63, 3.8) is 0 Å². The van der Waals surface area contributed by atoms with E-state index in [4.69, 9.17) is 5.11 Å².